The van der Waals surface area contributed by atoms with Crippen LogP contribution in [0.3, 0.4) is 0 Å². The molecule has 0 aliphatic heterocycles. The normalized spacial score (nSPS) is 10.6. The molecule has 2 aromatic heterocycles. The molecule has 2 aromatic carbocycles. The molecule has 4 aromatic rings. The van der Waals surface area contributed by atoms with Gasteiger partial charge >= 0.3 is 0 Å². The number of benzene rings is 2. The second kappa shape index (κ2) is 9.58. The summed E-state index contributed by atoms with van der Waals surface area (Å²) in [4.78, 5) is 32.1. The van der Waals surface area contributed by atoms with Crippen LogP contribution in [-0.2, 0) is 0 Å². The molecule has 0 saturated heterocycles. The van der Waals surface area contributed by atoms with Crippen molar-refractivity contribution >= 4 is 11.6 Å². The monoisotopic (exact) mass is 460 g/mol. The largest absolute Gasteiger partial charge is 0.493 e. The Hall–Kier alpha value is -4.46. The maximum absolute atomic E-state index is 13.0. The number of methoxy groups -OCH3 is 4. The lowest BCUT2D eigenvalue weighted by molar-refractivity contribution is 0.102. The van der Waals surface area contributed by atoms with Gasteiger partial charge in [0.1, 0.15) is 0 Å². The fourth-order valence-electron chi connectivity index (χ4n) is 3.64. The zero-order valence-corrected chi connectivity index (χ0v) is 19.2. The summed E-state index contributed by atoms with van der Waals surface area (Å²) in [5.41, 5.74) is 3.09. The summed E-state index contributed by atoms with van der Waals surface area (Å²) in [6, 6.07) is 17.0. The van der Waals surface area contributed by atoms with E-state index in [9.17, 15) is 9.59 Å². The van der Waals surface area contributed by atoms with Crippen molar-refractivity contribution < 1.29 is 28.5 Å². The van der Waals surface area contributed by atoms with E-state index in [4.69, 9.17) is 18.9 Å². The lowest BCUT2D eigenvalue weighted by Gasteiger charge is -2.08. The van der Waals surface area contributed by atoms with E-state index in [-0.39, 0.29) is 11.6 Å². The van der Waals surface area contributed by atoms with Crippen LogP contribution in [0.5, 0.6) is 23.0 Å². The van der Waals surface area contributed by atoms with Crippen LogP contribution >= 0.6 is 0 Å². The number of rotatable bonds is 9. The first-order valence-electron chi connectivity index (χ1n) is 10.4. The third-order valence-corrected chi connectivity index (χ3v) is 5.44. The maximum atomic E-state index is 13.0. The van der Waals surface area contributed by atoms with Crippen molar-refractivity contribution in [2.45, 2.75) is 0 Å². The van der Waals surface area contributed by atoms with Crippen LogP contribution in [-0.4, -0.2) is 50.0 Å². The number of aromatic nitrogens is 2. The Morgan fingerprint density at radius 1 is 0.529 bits per heavy atom. The summed E-state index contributed by atoms with van der Waals surface area (Å²) in [5, 5.41) is 0. The number of carbonyl (C=O) groups is 2. The van der Waals surface area contributed by atoms with E-state index >= 15 is 0 Å². The average Bonchev–Trinajstić information content (AvgIpc) is 3.57. The van der Waals surface area contributed by atoms with Gasteiger partial charge in [0.05, 0.1) is 51.2 Å². The molecular weight excluding hydrogens is 436 g/mol. The van der Waals surface area contributed by atoms with Gasteiger partial charge < -0.3 is 28.9 Å². The van der Waals surface area contributed by atoms with Crippen molar-refractivity contribution in [1.29, 1.82) is 0 Å². The van der Waals surface area contributed by atoms with E-state index in [2.05, 4.69) is 9.97 Å². The predicted octanol–water partition coefficient (Wildman–Crippen LogP) is 4.51. The Labute approximate surface area is 196 Å². The first-order chi connectivity index (χ1) is 16.5. The highest BCUT2D eigenvalue weighted by atomic mass is 16.5. The Bertz CT molecular complexity index is 1250. The molecule has 2 N–H and O–H groups in total. The van der Waals surface area contributed by atoms with Gasteiger partial charge in [-0.3, -0.25) is 9.59 Å². The highest BCUT2D eigenvalue weighted by molar-refractivity contribution is 6.09. The van der Waals surface area contributed by atoms with Gasteiger partial charge in [0, 0.05) is 11.1 Å². The molecule has 0 saturated carbocycles. The van der Waals surface area contributed by atoms with Gasteiger partial charge in [0.2, 0.25) is 11.6 Å². The number of carbonyl (C=O) groups excluding carboxylic acids is 2. The first-order valence-corrected chi connectivity index (χ1v) is 10.4. The minimum atomic E-state index is -0.194. The summed E-state index contributed by atoms with van der Waals surface area (Å²) in [6.07, 6.45) is 0. The fourth-order valence-corrected chi connectivity index (χ4v) is 3.64. The summed E-state index contributed by atoms with van der Waals surface area (Å²) >= 11 is 0. The van der Waals surface area contributed by atoms with Crippen molar-refractivity contribution in [3.63, 3.8) is 0 Å². The number of hydrogen-bond donors (Lipinski definition) is 2. The van der Waals surface area contributed by atoms with E-state index in [1.165, 1.54) is 28.4 Å². The van der Waals surface area contributed by atoms with Crippen molar-refractivity contribution in [2.24, 2.45) is 0 Å². The zero-order chi connectivity index (χ0) is 24.2. The smallest absolute Gasteiger partial charge is 0.209 e. The number of nitrogens with one attached hydrogen (secondary N) is 2. The molecule has 0 spiro atoms. The Morgan fingerprint density at radius 2 is 0.912 bits per heavy atom. The molecule has 8 heteroatoms. The fraction of sp³-hybridized carbons (Fsp3) is 0.154. The minimum absolute atomic E-state index is 0.194. The third-order valence-electron chi connectivity index (χ3n) is 5.44. The van der Waals surface area contributed by atoms with Gasteiger partial charge in [-0.25, -0.2) is 0 Å². The molecule has 0 amide bonds. The molecule has 2 heterocycles. The highest BCUT2D eigenvalue weighted by Gasteiger charge is 2.18. The standard InChI is InChI=1S/C26H24N2O6/c1-31-21-11-5-15(13-23(21)33-3)25(29)19-9-7-17(27-19)18-8-10-20(28-18)26(30)16-6-12-22(32-2)24(14-16)34-4/h5-14,27-28H,1-4H3. The van der Waals surface area contributed by atoms with Crippen LogP contribution in [0.15, 0.2) is 60.7 Å². The molecule has 8 nitrogen and oxygen atoms in total. The van der Waals surface area contributed by atoms with Gasteiger partial charge in [-0.15, -0.1) is 0 Å². The number of hydrogen-bond acceptors (Lipinski definition) is 6. The quantitative estimate of drug-likeness (QED) is 0.357. The number of H-pyrrole nitrogens is 2. The summed E-state index contributed by atoms with van der Waals surface area (Å²) < 4.78 is 21.0. The second-order valence-electron chi connectivity index (χ2n) is 7.37. The Kier molecular flexibility index (Phi) is 6.40. The molecule has 174 valence electrons. The van der Waals surface area contributed by atoms with Crippen LogP contribution in [0.4, 0.5) is 0 Å². The van der Waals surface area contributed by atoms with Crippen LogP contribution in [0.1, 0.15) is 32.1 Å². The van der Waals surface area contributed by atoms with Crippen molar-refractivity contribution in [3.8, 4) is 34.4 Å². The van der Waals surface area contributed by atoms with E-state index in [0.29, 0.717) is 56.9 Å². The molecular formula is C26H24N2O6. The lowest BCUT2D eigenvalue weighted by atomic mass is 10.1. The zero-order valence-electron chi connectivity index (χ0n) is 19.2. The number of ether oxygens (including phenoxy) is 4. The molecule has 0 unspecified atom stereocenters. The van der Waals surface area contributed by atoms with Gasteiger partial charge in [-0.05, 0) is 60.7 Å². The van der Waals surface area contributed by atoms with Crippen LogP contribution in [0, 0.1) is 0 Å². The summed E-state index contributed by atoms with van der Waals surface area (Å²) in [6.45, 7) is 0. The topological polar surface area (TPSA) is 103 Å². The molecule has 4 rings (SSSR count). The van der Waals surface area contributed by atoms with Crippen LogP contribution in [0.2, 0.25) is 0 Å². The second-order valence-corrected chi connectivity index (χ2v) is 7.37. The Balaban J connectivity index is 1.56. The van der Waals surface area contributed by atoms with Gasteiger partial charge in [-0.2, -0.15) is 0 Å². The van der Waals surface area contributed by atoms with E-state index < -0.39 is 0 Å². The van der Waals surface area contributed by atoms with Crippen LogP contribution < -0.4 is 18.9 Å². The molecule has 0 aliphatic carbocycles. The van der Waals surface area contributed by atoms with E-state index in [0.717, 1.165) is 0 Å². The number of aromatic amines is 2. The maximum Gasteiger partial charge on any atom is 0.209 e. The highest BCUT2D eigenvalue weighted by Crippen LogP contribution is 2.30. The molecule has 0 bridgehead atoms. The summed E-state index contributed by atoms with van der Waals surface area (Å²) in [5.74, 6) is 1.65. The molecule has 0 radical (unpaired) electrons. The van der Waals surface area contributed by atoms with E-state index in [1.54, 1.807) is 60.7 Å². The summed E-state index contributed by atoms with van der Waals surface area (Å²) in [7, 11) is 6.12. The van der Waals surface area contributed by atoms with Gasteiger partial charge in [0.15, 0.2) is 23.0 Å². The molecule has 0 atom stereocenters. The van der Waals surface area contributed by atoms with Crippen molar-refractivity contribution in [2.75, 3.05) is 28.4 Å². The van der Waals surface area contributed by atoms with Crippen molar-refractivity contribution in [3.05, 3.63) is 83.2 Å². The Morgan fingerprint density at radius 3 is 1.26 bits per heavy atom. The van der Waals surface area contributed by atoms with Gasteiger partial charge in [0.25, 0.3) is 0 Å². The van der Waals surface area contributed by atoms with Crippen molar-refractivity contribution in [1.82, 2.24) is 9.97 Å². The molecule has 0 fully saturated rings. The molecule has 0 aliphatic rings. The van der Waals surface area contributed by atoms with E-state index in [1.807, 2.05) is 0 Å². The lowest BCUT2D eigenvalue weighted by Crippen LogP contribution is -2.03. The SMILES string of the molecule is COc1ccc(C(=O)c2ccc(-c3ccc(C(=O)c4ccc(OC)c(OC)c4)[nH]3)[nH]2)cc1OC. The first kappa shape index (κ1) is 22.7. The minimum Gasteiger partial charge on any atom is -0.493 e. The average molecular weight is 460 g/mol. The third kappa shape index (κ3) is 4.25. The predicted molar refractivity (Wildman–Crippen MR) is 127 cm³/mol. The van der Waals surface area contributed by atoms with Crippen LogP contribution in [0.25, 0.3) is 11.4 Å². The molecule has 34 heavy (non-hydrogen) atoms. The van der Waals surface area contributed by atoms with Gasteiger partial charge in [-0.1, -0.05) is 0 Å². The number of ketones is 2.